The molecule has 1 atom stereocenters. The first-order valence-electron chi connectivity index (χ1n) is 27.5. The van der Waals surface area contributed by atoms with E-state index >= 15 is 0 Å². The van der Waals surface area contributed by atoms with E-state index in [2.05, 4.69) is 51.1 Å². The predicted octanol–water partition coefficient (Wildman–Crippen LogP) is 18.0. The Labute approximate surface area is 545 Å². The number of ether oxygens (including phenoxy) is 1. The van der Waals surface area contributed by atoms with E-state index in [4.69, 9.17) is 9.73 Å². The zero-order valence-corrected chi connectivity index (χ0v) is 52.3. The van der Waals surface area contributed by atoms with Crippen molar-refractivity contribution in [3.8, 4) is 0 Å². The largest absolute Gasteiger partial charge is 0.475 e. The molecule has 7 aromatic carbocycles. The topological polar surface area (TPSA) is 21.6 Å². The minimum Gasteiger partial charge on any atom is -0.475 e. The van der Waals surface area contributed by atoms with Gasteiger partial charge < -0.3 is 4.74 Å². The van der Waals surface area contributed by atoms with Gasteiger partial charge in [0.15, 0.2) is 0 Å². The van der Waals surface area contributed by atoms with E-state index in [9.17, 15) is 114 Å². The third-order valence-electron chi connectivity index (χ3n) is 14.6. The maximum Gasteiger partial charge on any atom is 0.416 e. The predicted molar refractivity (Wildman–Crippen MR) is 302 cm³/mol. The quantitative estimate of drug-likeness (QED) is 0.0844. The van der Waals surface area contributed by atoms with Crippen molar-refractivity contribution in [2.24, 2.45) is 10.4 Å². The van der Waals surface area contributed by atoms with Gasteiger partial charge in [-0.25, -0.2) is 13.8 Å². The van der Waals surface area contributed by atoms with Gasteiger partial charge in [-0.3, -0.25) is 0 Å². The van der Waals surface area contributed by atoms with Gasteiger partial charge in [0, 0.05) is 25.7 Å². The van der Waals surface area contributed by atoms with Gasteiger partial charge in [0.2, 0.25) is 5.90 Å². The van der Waals surface area contributed by atoms with Gasteiger partial charge in [-0.15, -0.1) is 0 Å². The fraction of sp³-hybridized carbons (Fsp3) is 0.277. The average Bonchev–Trinajstić information content (AvgIpc) is 0.835. The first-order valence-corrected chi connectivity index (χ1v) is 28.8. The number of allylic oxidation sites excluding steroid dienone is 4. The summed E-state index contributed by atoms with van der Waals surface area (Å²) in [4.78, 5) is 4.87. The number of hydrogen-bond donors (Lipinski definition) is 0. The normalized spacial score (nSPS) is 15.3. The third-order valence-corrected chi connectivity index (χ3v) is 17.1. The standard InChI is InChI=1S/C32H12BF24.C25H24F2NOP.C8H8.Ir/c34-25(35,36)13-1-14(26(37,38)39)6-21(5-13)33(22-7-15(27(40,41)42)2-16(8-22)28(43,44)45,23-9-17(29(46,47)48)3-18(10-23)30(49,50)51)24-11-19(31(52,53)54)4-20(12-24)32(55,56)57;1-25(2,3)23-16-29-24(28-23)21-6-4-5-7-22(21)30(19-12-8-17(26)9-13-19)20-14-10-18(27)11-15-20;1-2-4-6-8-7-5-3-1;/h1-12H;4-15,23H,16H2,1-3H3;1-2,7-8H2;/q-1;;;/t;23-;;/m.1../s1. The van der Waals surface area contributed by atoms with E-state index in [0.29, 0.717) is 12.5 Å². The molecule has 0 amide bonds. The molecule has 7 aromatic rings. The minimum atomic E-state index is -6.13. The summed E-state index contributed by atoms with van der Waals surface area (Å²) in [5, 5.41) is 3.02. The van der Waals surface area contributed by atoms with E-state index < -0.39 is 203 Å². The summed E-state index contributed by atoms with van der Waals surface area (Å²) < 4.78 is 374. The Kier molecular flexibility index (Phi) is 23.6. The Bertz CT molecular complexity index is 3420. The van der Waals surface area contributed by atoms with Crippen LogP contribution in [-0.4, -0.2) is 24.7 Å². The number of nitrogens with zero attached hydrogens (tertiary/aromatic N) is 1. The SMILES string of the molecule is CC(C)(C)[C@H]1COC(c2ccccc2P(c2ccc(F)cc2)c2ccc(F)cc2)=N1.FC(F)(F)c1cc([B-](c2cc(C(F)(F)F)cc(C(F)(F)F)c2)(c2cc(C(F)(F)F)cc(C(F)(F)F)c2)c2cc(C(F)(F)F)cc(C(F)(F)F)c2)cc(C(F)(F)F)c1.[C]1=[C]CC[C]=[C]CC1.[Ir]. The van der Waals surface area contributed by atoms with Crippen molar-refractivity contribution in [2.75, 3.05) is 6.61 Å². The van der Waals surface area contributed by atoms with Crippen molar-refractivity contribution in [3.05, 3.63) is 232 Å². The molecule has 96 heavy (non-hydrogen) atoms. The second kappa shape index (κ2) is 29.1. The first-order chi connectivity index (χ1) is 43.6. The van der Waals surface area contributed by atoms with Crippen LogP contribution < -0.4 is 37.8 Å². The molecule has 0 bridgehead atoms. The van der Waals surface area contributed by atoms with Gasteiger partial charge in [-0.05, 0) is 134 Å². The van der Waals surface area contributed by atoms with Crippen LogP contribution in [0.5, 0.6) is 0 Å². The Hall–Kier alpha value is -7.19. The molecule has 1 aliphatic carbocycles. The molecular weight excluding hydrogens is 1540 g/mol. The van der Waals surface area contributed by atoms with Crippen LogP contribution in [0.1, 0.15) is 96.5 Å². The summed E-state index contributed by atoms with van der Waals surface area (Å²) in [6, 6.07) is 12.4. The molecule has 515 valence electrons. The van der Waals surface area contributed by atoms with E-state index in [1.54, 1.807) is 24.3 Å². The van der Waals surface area contributed by atoms with Crippen molar-refractivity contribution in [2.45, 2.75) is 102 Å². The molecule has 0 fully saturated rings. The molecule has 0 unspecified atom stereocenters. The first kappa shape index (κ1) is 77.8. The molecule has 1 heterocycles. The molecule has 0 N–H and O–H groups in total. The zero-order valence-electron chi connectivity index (χ0n) is 49.0. The van der Waals surface area contributed by atoms with Gasteiger partial charge in [-0.1, -0.05) is 112 Å². The second-order valence-corrected chi connectivity index (χ2v) is 24.5. The molecule has 1 aliphatic heterocycles. The van der Waals surface area contributed by atoms with Crippen molar-refractivity contribution in [1.82, 2.24) is 0 Å². The van der Waals surface area contributed by atoms with Crippen LogP contribution >= 0.6 is 7.92 Å². The Morgan fingerprint density at radius 3 is 0.854 bits per heavy atom. The number of halogens is 26. The molecule has 0 spiro atoms. The van der Waals surface area contributed by atoms with Gasteiger partial charge in [0.1, 0.15) is 24.4 Å². The van der Waals surface area contributed by atoms with E-state index in [-0.39, 0.29) is 43.2 Å². The smallest absolute Gasteiger partial charge is 0.416 e. The van der Waals surface area contributed by atoms with Gasteiger partial charge in [-0.2, -0.15) is 127 Å². The Morgan fingerprint density at radius 1 is 0.375 bits per heavy atom. The van der Waals surface area contributed by atoms with Gasteiger partial charge >= 0.3 is 49.4 Å². The van der Waals surface area contributed by atoms with Gasteiger partial charge in [0.25, 0.3) is 0 Å². The Morgan fingerprint density at radius 2 is 0.625 bits per heavy atom. The van der Waals surface area contributed by atoms with Crippen molar-refractivity contribution < 1.29 is 139 Å². The molecule has 0 saturated heterocycles. The van der Waals surface area contributed by atoms with E-state index in [1.807, 2.05) is 18.2 Å². The average molecular weight is 1580 g/mol. The van der Waals surface area contributed by atoms with Gasteiger partial charge in [0.05, 0.1) is 50.5 Å². The van der Waals surface area contributed by atoms with Crippen molar-refractivity contribution >= 4 is 57.7 Å². The maximum atomic E-state index is 14.2. The minimum absolute atomic E-state index is 0. The van der Waals surface area contributed by atoms with Crippen LogP contribution in [0.4, 0.5) is 114 Å². The molecule has 2 nitrogen and oxygen atoms in total. The summed E-state index contributed by atoms with van der Waals surface area (Å²) >= 11 is 0. The second-order valence-electron chi connectivity index (χ2n) is 22.4. The molecule has 0 aromatic heterocycles. The van der Waals surface area contributed by atoms with Crippen LogP contribution in [0.2, 0.25) is 0 Å². The van der Waals surface area contributed by atoms with E-state index in [1.165, 1.54) is 24.3 Å². The molecule has 0 saturated carbocycles. The fourth-order valence-electron chi connectivity index (χ4n) is 10.1. The van der Waals surface area contributed by atoms with Crippen LogP contribution in [-0.2, 0) is 74.3 Å². The molecule has 9 rings (SSSR count). The number of hydrogen-bond acceptors (Lipinski definition) is 2. The van der Waals surface area contributed by atoms with Crippen LogP contribution in [0, 0.1) is 41.4 Å². The maximum absolute atomic E-state index is 14.2. The molecule has 5 radical (unpaired) electrons. The third kappa shape index (κ3) is 19.1. The molecule has 31 heteroatoms. The van der Waals surface area contributed by atoms with Crippen LogP contribution in [0.25, 0.3) is 0 Å². The zero-order chi connectivity index (χ0) is 70.9. The monoisotopic (exact) mass is 1580 g/mol. The molecular formula is C65H44BF26IrNOP-. The van der Waals surface area contributed by atoms with Crippen molar-refractivity contribution in [3.63, 3.8) is 0 Å². The summed E-state index contributed by atoms with van der Waals surface area (Å²) in [6.45, 7) is 7.02. The van der Waals surface area contributed by atoms with Crippen LogP contribution in [0.15, 0.2) is 151 Å². The number of aliphatic imine (C=N–C) groups is 1. The number of rotatable bonds is 8. The van der Waals surface area contributed by atoms with E-state index in [0.717, 1.165) is 47.2 Å². The summed E-state index contributed by atoms with van der Waals surface area (Å²) in [7, 11) is -1.04. The summed E-state index contributed by atoms with van der Waals surface area (Å²) in [5.74, 6) is 0.0810. The van der Waals surface area contributed by atoms with Crippen LogP contribution in [0.3, 0.4) is 0 Å². The number of alkyl halides is 24. The van der Waals surface area contributed by atoms with Crippen molar-refractivity contribution in [1.29, 1.82) is 0 Å². The number of benzene rings is 7. The summed E-state index contributed by atoms with van der Waals surface area (Å²) in [5.41, 5.74) is -29.3. The summed E-state index contributed by atoms with van der Waals surface area (Å²) in [6.07, 6.45) is -38.8. The molecule has 2 aliphatic rings. The fourth-order valence-corrected chi connectivity index (χ4v) is 12.5. The Balaban J connectivity index is 0.000000307.